The van der Waals surface area contributed by atoms with Crippen LogP contribution in [0.5, 0.6) is 5.75 Å². The fourth-order valence-electron chi connectivity index (χ4n) is 4.76. The van der Waals surface area contributed by atoms with Gasteiger partial charge in [0.15, 0.2) is 5.78 Å². The van der Waals surface area contributed by atoms with E-state index in [1.165, 1.54) is 0 Å². The van der Waals surface area contributed by atoms with Crippen molar-refractivity contribution in [2.75, 3.05) is 19.6 Å². The van der Waals surface area contributed by atoms with E-state index in [2.05, 4.69) is 0 Å². The second-order valence-corrected chi connectivity index (χ2v) is 9.43. The molecule has 3 heterocycles. The van der Waals surface area contributed by atoms with Crippen LogP contribution in [-0.2, 0) is 4.79 Å². The van der Waals surface area contributed by atoms with Crippen LogP contribution in [0.3, 0.4) is 0 Å². The van der Waals surface area contributed by atoms with Crippen molar-refractivity contribution >= 4 is 46.7 Å². The average Bonchev–Trinajstić information content (AvgIpc) is 3.04. The van der Waals surface area contributed by atoms with Gasteiger partial charge in [0.2, 0.25) is 5.91 Å². The number of halogens is 2. The van der Waals surface area contributed by atoms with Gasteiger partial charge in [0.05, 0.1) is 28.1 Å². The number of rotatable bonds is 3. The molecule has 0 radical (unpaired) electrons. The van der Waals surface area contributed by atoms with Crippen LogP contribution < -0.4 is 4.74 Å². The third-order valence-corrected chi connectivity index (χ3v) is 7.06. The van der Waals surface area contributed by atoms with Gasteiger partial charge < -0.3 is 9.64 Å². The number of benzene rings is 2. The standard InChI is InChI=1S/C24H20Cl2N2O5/c25-14-11-17-19(29)13-24(33-21(17)18(26)12-14)6-9-27(10-7-24)20(30)5-8-28-22(31)15-3-1-2-4-16(15)23(28)32/h1-4,11-12H,5-10,13H2. The first-order valence-electron chi connectivity index (χ1n) is 10.7. The summed E-state index contributed by atoms with van der Waals surface area (Å²) in [5.74, 6) is -0.612. The van der Waals surface area contributed by atoms with Crippen molar-refractivity contribution in [1.29, 1.82) is 0 Å². The molecule has 0 N–H and O–H groups in total. The number of carbonyl (C=O) groups excluding carboxylic acids is 4. The Kier molecular flexibility index (Phi) is 5.41. The van der Waals surface area contributed by atoms with Gasteiger partial charge in [-0.2, -0.15) is 0 Å². The summed E-state index contributed by atoms with van der Waals surface area (Å²) < 4.78 is 6.20. The number of hydrogen-bond acceptors (Lipinski definition) is 5. The Morgan fingerprint density at radius 1 is 0.970 bits per heavy atom. The number of amides is 3. The lowest BCUT2D eigenvalue weighted by Gasteiger charge is -2.44. The van der Waals surface area contributed by atoms with Crippen LogP contribution >= 0.6 is 23.2 Å². The Morgan fingerprint density at radius 2 is 1.61 bits per heavy atom. The molecule has 3 aliphatic rings. The monoisotopic (exact) mass is 486 g/mol. The van der Waals surface area contributed by atoms with Crippen LogP contribution in [0.25, 0.3) is 0 Å². The lowest BCUT2D eigenvalue weighted by molar-refractivity contribution is -0.134. The Hall–Kier alpha value is -2.90. The first kappa shape index (κ1) is 21.9. The van der Waals surface area contributed by atoms with Gasteiger partial charge in [-0.3, -0.25) is 24.1 Å². The predicted molar refractivity (Wildman–Crippen MR) is 121 cm³/mol. The normalized spacial score (nSPS) is 18.9. The summed E-state index contributed by atoms with van der Waals surface area (Å²) in [4.78, 5) is 53.3. The van der Waals surface area contributed by atoms with Crippen molar-refractivity contribution in [3.63, 3.8) is 0 Å². The minimum absolute atomic E-state index is 0.0333. The van der Waals surface area contributed by atoms with Crippen LogP contribution in [-0.4, -0.2) is 58.5 Å². The molecule has 1 fully saturated rings. The molecule has 3 amide bonds. The first-order chi connectivity index (χ1) is 15.8. The fourth-order valence-corrected chi connectivity index (χ4v) is 5.29. The third-order valence-electron chi connectivity index (χ3n) is 6.56. The highest BCUT2D eigenvalue weighted by molar-refractivity contribution is 6.36. The van der Waals surface area contributed by atoms with Crippen LogP contribution in [0.15, 0.2) is 36.4 Å². The van der Waals surface area contributed by atoms with Crippen LogP contribution in [0.2, 0.25) is 10.0 Å². The maximum atomic E-state index is 12.8. The lowest BCUT2D eigenvalue weighted by Crippen LogP contribution is -2.52. The van der Waals surface area contributed by atoms with Crippen molar-refractivity contribution in [1.82, 2.24) is 9.80 Å². The zero-order valence-electron chi connectivity index (χ0n) is 17.6. The molecule has 5 rings (SSSR count). The number of piperidine rings is 1. The quantitative estimate of drug-likeness (QED) is 0.612. The molecule has 0 unspecified atom stereocenters. The first-order valence-corrected chi connectivity index (χ1v) is 11.5. The molecular formula is C24H20Cl2N2O5. The zero-order chi connectivity index (χ0) is 23.3. The number of hydrogen-bond donors (Lipinski definition) is 0. The minimum atomic E-state index is -0.707. The van der Waals surface area contributed by atoms with Gasteiger partial charge in [0.1, 0.15) is 11.4 Å². The van der Waals surface area contributed by atoms with E-state index in [-0.39, 0.29) is 42.9 Å². The molecule has 2 aromatic carbocycles. The van der Waals surface area contributed by atoms with Crippen molar-refractivity contribution in [3.8, 4) is 5.75 Å². The van der Waals surface area contributed by atoms with Crippen LogP contribution in [0.1, 0.15) is 56.8 Å². The molecule has 1 saturated heterocycles. The second-order valence-electron chi connectivity index (χ2n) is 8.59. The molecule has 0 aromatic heterocycles. The van der Waals surface area contributed by atoms with E-state index < -0.39 is 5.60 Å². The van der Waals surface area contributed by atoms with Crippen molar-refractivity contribution < 1.29 is 23.9 Å². The van der Waals surface area contributed by atoms with Gasteiger partial charge in [0, 0.05) is 43.9 Å². The lowest BCUT2D eigenvalue weighted by atomic mass is 9.82. The van der Waals surface area contributed by atoms with E-state index in [9.17, 15) is 19.2 Å². The fraction of sp³-hybridized carbons (Fsp3) is 0.333. The van der Waals surface area contributed by atoms with E-state index in [1.807, 2.05) is 0 Å². The molecule has 1 spiro atoms. The molecule has 2 aromatic rings. The van der Waals surface area contributed by atoms with Gasteiger partial charge in [-0.15, -0.1) is 0 Å². The van der Waals surface area contributed by atoms with Crippen molar-refractivity contribution in [2.45, 2.75) is 31.3 Å². The third kappa shape index (κ3) is 3.79. The molecule has 3 aliphatic heterocycles. The maximum Gasteiger partial charge on any atom is 0.261 e. The number of fused-ring (bicyclic) bond motifs is 2. The minimum Gasteiger partial charge on any atom is -0.484 e. The highest BCUT2D eigenvalue weighted by atomic mass is 35.5. The Morgan fingerprint density at radius 3 is 2.24 bits per heavy atom. The van der Waals surface area contributed by atoms with E-state index in [1.54, 1.807) is 41.3 Å². The SMILES string of the molecule is O=C1CC2(CCN(C(=O)CCN3C(=O)c4ccccc4C3=O)CC2)Oc2c(Cl)cc(Cl)cc21. The molecule has 7 nitrogen and oxygen atoms in total. The molecule has 9 heteroatoms. The summed E-state index contributed by atoms with van der Waals surface area (Å²) >= 11 is 12.3. The largest absolute Gasteiger partial charge is 0.484 e. The molecule has 0 aliphatic carbocycles. The van der Waals surface area contributed by atoms with E-state index in [0.717, 1.165) is 4.90 Å². The number of likely N-dealkylation sites (tertiary alicyclic amines) is 1. The highest BCUT2D eigenvalue weighted by Gasteiger charge is 2.44. The molecular weight excluding hydrogens is 467 g/mol. The van der Waals surface area contributed by atoms with Gasteiger partial charge in [-0.05, 0) is 24.3 Å². The van der Waals surface area contributed by atoms with Crippen molar-refractivity contribution in [2.24, 2.45) is 0 Å². The zero-order valence-corrected chi connectivity index (χ0v) is 19.1. The Bertz CT molecular complexity index is 1170. The maximum absolute atomic E-state index is 12.8. The Balaban J connectivity index is 1.20. The molecule has 33 heavy (non-hydrogen) atoms. The molecule has 0 saturated carbocycles. The summed E-state index contributed by atoms with van der Waals surface area (Å²) in [5.41, 5.74) is 0.418. The van der Waals surface area contributed by atoms with Gasteiger partial charge in [-0.1, -0.05) is 35.3 Å². The van der Waals surface area contributed by atoms with Crippen LogP contribution in [0.4, 0.5) is 0 Å². The Labute approximate surface area is 200 Å². The van der Waals surface area contributed by atoms with Gasteiger partial charge >= 0.3 is 0 Å². The second kappa shape index (κ2) is 8.15. The number of Topliss-reactive ketones (excluding diaryl/α,β-unsaturated/α-hetero) is 1. The number of imide groups is 1. The summed E-state index contributed by atoms with van der Waals surface area (Å²) in [6.07, 6.45) is 1.21. The van der Waals surface area contributed by atoms with E-state index >= 15 is 0 Å². The predicted octanol–water partition coefficient (Wildman–Crippen LogP) is 4.01. The van der Waals surface area contributed by atoms with Crippen LogP contribution in [0, 0.1) is 0 Å². The smallest absolute Gasteiger partial charge is 0.261 e. The highest BCUT2D eigenvalue weighted by Crippen LogP contribution is 2.44. The van der Waals surface area contributed by atoms with E-state index in [4.69, 9.17) is 27.9 Å². The topological polar surface area (TPSA) is 84.0 Å². The molecule has 170 valence electrons. The number of ether oxygens (including phenoxy) is 1. The summed E-state index contributed by atoms with van der Waals surface area (Å²) in [7, 11) is 0. The number of carbonyl (C=O) groups is 4. The summed E-state index contributed by atoms with van der Waals surface area (Å²) in [5, 5.41) is 0.675. The summed E-state index contributed by atoms with van der Waals surface area (Å²) in [6, 6.07) is 9.76. The average molecular weight is 487 g/mol. The van der Waals surface area contributed by atoms with Gasteiger partial charge in [-0.25, -0.2) is 0 Å². The number of ketones is 1. The van der Waals surface area contributed by atoms with Gasteiger partial charge in [0.25, 0.3) is 11.8 Å². The number of nitrogens with zero attached hydrogens (tertiary/aromatic N) is 2. The van der Waals surface area contributed by atoms with Crippen molar-refractivity contribution in [3.05, 3.63) is 63.1 Å². The van der Waals surface area contributed by atoms with E-state index in [0.29, 0.717) is 58.4 Å². The molecule has 0 atom stereocenters. The molecule has 0 bridgehead atoms. The summed E-state index contributed by atoms with van der Waals surface area (Å²) in [6.45, 7) is 0.856.